The van der Waals surface area contributed by atoms with Gasteiger partial charge in [-0.05, 0) is 39.7 Å². The van der Waals surface area contributed by atoms with Gasteiger partial charge in [-0.15, -0.1) is 0 Å². The Morgan fingerprint density at radius 3 is 2.67 bits per heavy atom. The van der Waals surface area contributed by atoms with Crippen molar-refractivity contribution in [3.05, 3.63) is 33.8 Å². The molecule has 0 N–H and O–H groups in total. The van der Waals surface area contributed by atoms with E-state index in [2.05, 4.69) is 15.9 Å². The molecular weight excluding hydrogens is 263 g/mol. The van der Waals surface area contributed by atoms with E-state index in [0.717, 1.165) is 5.56 Å². The van der Waals surface area contributed by atoms with Gasteiger partial charge in [0.2, 0.25) is 4.69 Å². The van der Waals surface area contributed by atoms with Crippen LogP contribution in [0.4, 0.5) is 0 Å². The Balaban J connectivity index is 2.97. The van der Waals surface area contributed by atoms with Crippen molar-refractivity contribution in [1.82, 2.24) is 0 Å². The molecule has 0 radical (unpaired) electrons. The van der Waals surface area contributed by atoms with Crippen LogP contribution in [0, 0.1) is 0 Å². The minimum atomic E-state index is -0.105. The highest BCUT2D eigenvalue weighted by Gasteiger charge is 2.04. The molecule has 0 aliphatic heterocycles. The third-order valence-corrected chi connectivity index (χ3v) is 2.22. The van der Waals surface area contributed by atoms with Gasteiger partial charge in [-0.2, -0.15) is 0 Å². The maximum absolute atomic E-state index is 10.7. The average Bonchev–Trinajstić information content (AvgIpc) is 1.96. The zero-order valence-corrected chi connectivity index (χ0v) is 9.08. The summed E-state index contributed by atoms with van der Waals surface area (Å²) in [6.45, 7) is 0. The number of carbonyl (C=O) groups is 1. The summed E-state index contributed by atoms with van der Waals surface area (Å²) in [6, 6.07) is 5.05. The van der Waals surface area contributed by atoms with Crippen molar-refractivity contribution < 1.29 is 4.79 Å². The predicted molar refractivity (Wildman–Crippen MR) is 54.1 cm³/mol. The van der Waals surface area contributed by atoms with Crippen LogP contribution < -0.4 is 0 Å². The molecule has 0 aromatic heterocycles. The Hall–Kier alpha value is -0.0500. The molecule has 0 aliphatic carbocycles. The minimum absolute atomic E-state index is 0.105. The molecule has 0 saturated heterocycles. The van der Waals surface area contributed by atoms with Gasteiger partial charge >= 0.3 is 0 Å². The third kappa shape index (κ3) is 2.77. The molecular formula is C8H5BrCl2O. The van der Waals surface area contributed by atoms with Crippen molar-refractivity contribution in [2.24, 2.45) is 0 Å². The van der Waals surface area contributed by atoms with E-state index in [9.17, 15) is 4.79 Å². The minimum Gasteiger partial charge on any atom is -0.286 e. The third-order valence-electron chi connectivity index (χ3n) is 1.34. The van der Waals surface area contributed by atoms with Crippen LogP contribution in [-0.2, 0) is 11.2 Å². The zero-order valence-electron chi connectivity index (χ0n) is 5.98. The lowest BCUT2D eigenvalue weighted by Crippen LogP contribution is -1.93. The molecule has 12 heavy (non-hydrogen) atoms. The Kier molecular flexibility index (Phi) is 3.56. The zero-order chi connectivity index (χ0) is 9.14. The second-order valence-electron chi connectivity index (χ2n) is 2.27. The first-order valence-electron chi connectivity index (χ1n) is 3.22. The standard InChI is InChI=1S/C8H5BrCl2O/c9-8(12)4-5-3-6(10)1-2-7(5)11/h1-3H,4H2. The Labute approximate surface area is 88.8 Å². The summed E-state index contributed by atoms with van der Waals surface area (Å²) in [5, 5.41) is 1.15. The fourth-order valence-corrected chi connectivity index (χ4v) is 1.51. The summed E-state index contributed by atoms with van der Waals surface area (Å²) >= 11 is 14.4. The van der Waals surface area contributed by atoms with Crippen LogP contribution in [-0.4, -0.2) is 4.69 Å². The maximum atomic E-state index is 10.7. The molecule has 0 fully saturated rings. The van der Waals surface area contributed by atoms with Crippen LogP contribution in [0.2, 0.25) is 10.0 Å². The van der Waals surface area contributed by atoms with Crippen LogP contribution in [0.15, 0.2) is 18.2 Å². The lowest BCUT2D eigenvalue weighted by atomic mass is 10.2. The smallest absolute Gasteiger partial charge is 0.202 e. The lowest BCUT2D eigenvalue weighted by molar-refractivity contribution is -0.109. The molecule has 0 spiro atoms. The molecule has 0 unspecified atom stereocenters. The molecule has 0 atom stereocenters. The van der Waals surface area contributed by atoms with E-state index in [0.29, 0.717) is 10.0 Å². The Morgan fingerprint density at radius 2 is 2.08 bits per heavy atom. The summed E-state index contributed by atoms with van der Waals surface area (Å²) < 4.78 is -0.105. The molecule has 1 aromatic rings. The van der Waals surface area contributed by atoms with Crippen molar-refractivity contribution in [2.75, 3.05) is 0 Å². The number of benzene rings is 1. The quantitative estimate of drug-likeness (QED) is 0.750. The monoisotopic (exact) mass is 266 g/mol. The SMILES string of the molecule is O=C(Br)Cc1cc(Cl)ccc1Cl. The maximum Gasteiger partial charge on any atom is 0.202 e. The van der Waals surface area contributed by atoms with Gasteiger partial charge in [0.15, 0.2) is 0 Å². The predicted octanol–water partition coefficient (Wildman–Crippen LogP) is 3.46. The van der Waals surface area contributed by atoms with Gasteiger partial charge in [-0.1, -0.05) is 23.2 Å². The number of hydrogen-bond donors (Lipinski definition) is 0. The lowest BCUT2D eigenvalue weighted by Gasteiger charge is -2.00. The topological polar surface area (TPSA) is 17.1 Å². The molecule has 1 rings (SSSR count). The summed E-state index contributed by atoms with van der Waals surface area (Å²) in [5.74, 6) is 0. The normalized spacial score (nSPS) is 9.92. The van der Waals surface area contributed by atoms with E-state index in [4.69, 9.17) is 23.2 Å². The molecule has 0 heterocycles. The van der Waals surface area contributed by atoms with Gasteiger partial charge in [0.1, 0.15) is 0 Å². The van der Waals surface area contributed by atoms with Crippen molar-refractivity contribution in [3.8, 4) is 0 Å². The highest BCUT2D eigenvalue weighted by molar-refractivity contribution is 9.18. The van der Waals surface area contributed by atoms with Crippen LogP contribution >= 0.6 is 39.1 Å². The highest BCUT2D eigenvalue weighted by Crippen LogP contribution is 2.21. The van der Waals surface area contributed by atoms with Gasteiger partial charge in [-0.3, -0.25) is 4.79 Å². The van der Waals surface area contributed by atoms with E-state index in [1.807, 2.05) is 0 Å². The van der Waals surface area contributed by atoms with Crippen molar-refractivity contribution >= 4 is 43.8 Å². The number of rotatable bonds is 2. The fourth-order valence-electron chi connectivity index (χ4n) is 0.829. The van der Waals surface area contributed by atoms with E-state index in [1.54, 1.807) is 18.2 Å². The molecule has 0 aliphatic rings. The first-order chi connectivity index (χ1) is 5.59. The van der Waals surface area contributed by atoms with E-state index < -0.39 is 0 Å². The van der Waals surface area contributed by atoms with Gasteiger partial charge in [-0.25, -0.2) is 0 Å². The van der Waals surface area contributed by atoms with Gasteiger partial charge in [0.05, 0.1) is 0 Å². The van der Waals surface area contributed by atoms with Gasteiger partial charge in [0.25, 0.3) is 0 Å². The Bertz CT molecular complexity index is 312. The number of halogens is 3. The average molecular weight is 268 g/mol. The van der Waals surface area contributed by atoms with Crippen molar-refractivity contribution in [2.45, 2.75) is 6.42 Å². The van der Waals surface area contributed by atoms with Crippen LogP contribution in [0.1, 0.15) is 5.56 Å². The highest BCUT2D eigenvalue weighted by atomic mass is 79.9. The van der Waals surface area contributed by atoms with Crippen LogP contribution in [0.5, 0.6) is 0 Å². The van der Waals surface area contributed by atoms with Crippen LogP contribution in [0.3, 0.4) is 0 Å². The summed E-state index contributed by atoms with van der Waals surface area (Å²) in [6.07, 6.45) is 0.263. The molecule has 1 aromatic carbocycles. The Morgan fingerprint density at radius 1 is 1.42 bits per heavy atom. The molecule has 0 amide bonds. The van der Waals surface area contributed by atoms with Crippen LogP contribution in [0.25, 0.3) is 0 Å². The fraction of sp³-hybridized carbons (Fsp3) is 0.125. The first kappa shape index (κ1) is 10.0. The molecule has 1 nitrogen and oxygen atoms in total. The van der Waals surface area contributed by atoms with Crippen molar-refractivity contribution in [1.29, 1.82) is 0 Å². The number of carbonyl (C=O) groups excluding carboxylic acids is 1. The summed E-state index contributed by atoms with van der Waals surface area (Å²) in [5.41, 5.74) is 0.742. The molecule has 4 heteroatoms. The van der Waals surface area contributed by atoms with E-state index in [-0.39, 0.29) is 11.1 Å². The first-order valence-corrected chi connectivity index (χ1v) is 4.77. The largest absolute Gasteiger partial charge is 0.286 e. The second kappa shape index (κ2) is 4.26. The van der Waals surface area contributed by atoms with E-state index in [1.165, 1.54) is 0 Å². The second-order valence-corrected chi connectivity index (χ2v) is 4.00. The molecule has 0 bridgehead atoms. The summed E-state index contributed by atoms with van der Waals surface area (Å²) in [4.78, 5) is 10.7. The molecule has 64 valence electrons. The number of hydrogen-bond acceptors (Lipinski definition) is 1. The molecule has 0 saturated carbocycles. The van der Waals surface area contributed by atoms with Gasteiger partial charge < -0.3 is 0 Å². The van der Waals surface area contributed by atoms with Gasteiger partial charge in [0, 0.05) is 16.5 Å². The summed E-state index contributed by atoms with van der Waals surface area (Å²) in [7, 11) is 0. The van der Waals surface area contributed by atoms with E-state index >= 15 is 0 Å². The van der Waals surface area contributed by atoms with Crippen molar-refractivity contribution in [3.63, 3.8) is 0 Å².